The topological polar surface area (TPSA) is 67.2 Å². The second kappa shape index (κ2) is 8.81. The van der Waals surface area contributed by atoms with Gasteiger partial charge in [0.2, 0.25) is 5.91 Å². The zero-order valence-corrected chi connectivity index (χ0v) is 16.5. The van der Waals surface area contributed by atoms with Crippen molar-refractivity contribution in [3.63, 3.8) is 0 Å². The summed E-state index contributed by atoms with van der Waals surface area (Å²) < 4.78 is 1.37. The van der Waals surface area contributed by atoms with E-state index in [0.29, 0.717) is 11.9 Å². The number of thiophene rings is 1. The van der Waals surface area contributed by atoms with Crippen LogP contribution in [0.25, 0.3) is 10.2 Å². The number of benzene rings is 1. The highest BCUT2D eigenvalue weighted by Gasteiger charge is 2.10. The van der Waals surface area contributed by atoms with Gasteiger partial charge >= 0.3 is 0 Å². The fourth-order valence-electron chi connectivity index (χ4n) is 2.86. The smallest absolute Gasteiger partial charge is 0.262 e. The Labute approximate surface area is 162 Å². The molecule has 0 spiro atoms. The molecule has 7 heteroatoms. The monoisotopic (exact) mass is 384 g/mol. The van der Waals surface area contributed by atoms with E-state index < -0.39 is 0 Å². The molecule has 1 amide bonds. The summed E-state index contributed by atoms with van der Waals surface area (Å²) in [4.78, 5) is 33.0. The van der Waals surface area contributed by atoms with Crippen LogP contribution in [0.1, 0.15) is 18.2 Å². The molecule has 0 aliphatic carbocycles. The van der Waals surface area contributed by atoms with Crippen LogP contribution in [-0.2, 0) is 17.8 Å². The fourth-order valence-corrected chi connectivity index (χ4v) is 3.79. The molecule has 27 heavy (non-hydrogen) atoms. The highest BCUT2D eigenvalue weighted by Crippen LogP contribution is 2.20. The molecule has 2 aromatic heterocycles. The first kappa shape index (κ1) is 19.1. The standard InChI is InChI=1S/C20H24N4O2S/c1-3-16-12-17-19(27-16)22-14-24(20(17)26)13-18(25)21-10-7-11-23(2)15-8-5-4-6-9-15/h4-6,8-9,12,14H,3,7,10-11,13H2,1-2H3,(H,21,25). The van der Waals surface area contributed by atoms with E-state index in [2.05, 4.69) is 27.3 Å². The van der Waals surface area contributed by atoms with Gasteiger partial charge in [-0.05, 0) is 31.0 Å². The van der Waals surface area contributed by atoms with Gasteiger partial charge in [-0.3, -0.25) is 14.2 Å². The van der Waals surface area contributed by atoms with Gasteiger partial charge in [0, 0.05) is 30.7 Å². The highest BCUT2D eigenvalue weighted by molar-refractivity contribution is 7.18. The van der Waals surface area contributed by atoms with E-state index in [1.165, 1.54) is 22.2 Å². The number of para-hydroxylation sites is 1. The normalized spacial score (nSPS) is 10.9. The van der Waals surface area contributed by atoms with Crippen LogP contribution in [0.3, 0.4) is 0 Å². The average molecular weight is 385 g/mol. The van der Waals surface area contributed by atoms with E-state index in [1.807, 2.05) is 38.2 Å². The van der Waals surface area contributed by atoms with Crippen molar-refractivity contribution in [2.24, 2.45) is 0 Å². The number of hydrogen-bond donors (Lipinski definition) is 1. The minimum atomic E-state index is -0.174. The minimum Gasteiger partial charge on any atom is -0.375 e. The third-order valence-electron chi connectivity index (χ3n) is 4.42. The molecule has 0 radical (unpaired) electrons. The number of nitrogens with one attached hydrogen (secondary N) is 1. The maximum atomic E-state index is 12.5. The van der Waals surface area contributed by atoms with Crippen LogP contribution < -0.4 is 15.8 Å². The lowest BCUT2D eigenvalue weighted by Gasteiger charge is -2.19. The fraction of sp³-hybridized carbons (Fsp3) is 0.350. The maximum Gasteiger partial charge on any atom is 0.262 e. The molecule has 0 aliphatic heterocycles. The van der Waals surface area contributed by atoms with Crippen LogP contribution >= 0.6 is 11.3 Å². The number of amides is 1. The number of anilines is 1. The summed E-state index contributed by atoms with van der Waals surface area (Å²) in [6.45, 7) is 3.45. The summed E-state index contributed by atoms with van der Waals surface area (Å²) in [5.74, 6) is -0.174. The van der Waals surface area contributed by atoms with Crippen LogP contribution in [0.15, 0.2) is 47.5 Å². The summed E-state index contributed by atoms with van der Waals surface area (Å²) in [7, 11) is 2.03. The average Bonchev–Trinajstić information content (AvgIpc) is 3.12. The lowest BCUT2D eigenvalue weighted by atomic mass is 10.3. The predicted octanol–water partition coefficient (Wildman–Crippen LogP) is 2.66. The highest BCUT2D eigenvalue weighted by atomic mass is 32.1. The lowest BCUT2D eigenvalue weighted by Crippen LogP contribution is -2.34. The van der Waals surface area contributed by atoms with Crippen molar-refractivity contribution in [2.75, 3.05) is 25.0 Å². The Morgan fingerprint density at radius 3 is 2.81 bits per heavy atom. The third kappa shape index (κ3) is 4.74. The Morgan fingerprint density at radius 2 is 2.07 bits per heavy atom. The Kier molecular flexibility index (Phi) is 6.24. The Bertz CT molecular complexity index is 965. The Hall–Kier alpha value is -2.67. The first-order valence-corrected chi connectivity index (χ1v) is 9.91. The molecule has 0 fully saturated rings. The quantitative estimate of drug-likeness (QED) is 0.607. The summed E-state index contributed by atoms with van der Waals surface area (Å²) in [5.41, 5.74) is 0.992. The molecule has 0 saturated carbocycles. The van der Waals surface area contributed by atoms with Gasteiger partial charge in [0.15, 0.2) is 0 Å². The number of fused-ring (bicyclic) bond motifs is 1. The van der Waals surface area contributed by atoms with Crippen molar-refractivity contribution in [1.29, 1.82) is 0 Å². The molecule has 3 aromatic rings. The molecule has 0 unspecified atom stereocenters. The zero-order chi connectivity index (χ0) is 19.2. The summed E-state index contributed by atoms with van der Waals surface area (Å²) in [5, 5.41) is 3.47. The maximum absolute atomic E-state index is 12.5. The third-order valence-corrected chi connectivity index (χ3v) is 5.61. The second-order valence-electron chi connectivity index (χ2n) is 6.42. The van der Waals surface area contributed by atoms with Crippen molar-refractivity contribution in [2.45, 2.75) is 26.3 Å². The predicted molar refractivity (Wildman–Crippen MR) is 111 cm³/mol. The van der Waals surface area contributed by atoms with Gasteiger partial charge in [0.25, 0.3) is 5.56 Å². The van der Waals surface area contributed by atoms with Crippen LogP contribution in [0.5, 0.6) is 0 Å². The van der Waals surface area contributed by atoms with Gasteiger partial charge in [-0.25, -0.2) is 4.98 Å². The van der Waals surface area contributed by atoms with Crippen molar-refractivity contribution in [3.8, 4) is 0 Å². The van der Waals surface area contributed by atoms with Gasteiger partial charge in [-0.2, -0.15) is 0 Å². The number of nitrogens with zero attached hydrogens (tertiary/aromatic N) is 3. The summed E-state index contributed by atoms with van der Waals surface area (Å²) >= 11 is 1.53. The Morgan fingerprint density at radius 1 is 1.30 bits per heavy atom. The molecule has 2 heterocycles. The van der Waals surface area contributed by atoms with E-state index in [4.69, 9.17) is 0 Å². The van der Waals surface area contributed by atoms with E-state index >= 15 is 0 Å². The van der Waals surface area contributed by atoms with Crippen LogP contribution in [0.4, 0.5) is 5.69 Å². The van der Waals surface area contributed by atoms with E-state index in [9.17, 15) is 9.59 Å². The molecule has 0 atom stereocenters. The number of aromatic nitrogens is 2. The molecule has 0 saturated heterocycles. The van der Waals surface area contributed by atoms with Gasteiger partial charge in [0.05, 0.1) is 11.7 Å². The van der Waals surface area contributed by atoms with Crippen molar-refractivity contribution in [1.82, 2.24) is 14.9 Å². The number of carbonyl (C=O) groups excluding carboxylic acids is 1. The van der Waals surface area contributed by atoms with Gasteiger partial charge < -0.3 is 10.2 Å². The first-order chi connectivity index (χ1) is 13.1. The zero-order valence-electron chi connectivity index (χ0n) is 15.6. The second-order valence-corrected chi connectivity index (χ2v) is 7.54. The van der Waals surface area contributed by atoms with Crippen molar-refractivity contribution < 1.29 is 4.79 Å². The molecule has 0 aliphatic rings. The lowest BCUT2D eigenvalue weighted by molar-refractivity contribution is -0.121. The molecular formula is C20H24N4O2S. The Balaban J connectivity index is 1.50. The van der Waals surface area contributed by atoms with Gasteiger partial charge in [-0.1, -0.05) is 25.1 Å². The van der Waals surface area contributed by atoms with E-state index in [1.54, 1.807) is 0 Å². The molecule has 3 rings (SSSR count). The molecule has 1 N–H and O–H groups in total. The van der Waals surface area contributed by atoms with E-state index in [0.717, 1.165) is 34.8 Å². The van der Waals surface area contributed by atoms with Crippen molar-refractivity contribution in [3.05, 3.63) is 58.0 Å². The number of aryl methyl sites for hydroxylation is 1. The number of hydrogen-bond acceptors (Lipinski definition) is 5. The molecule has 6 nitrogen and oxygen atoms in total. The van der Waals surface area contributed by atoms with Crippen LogP contribution in [-0.4, -0.2) is 35.6 Å². The first-order valence-electron chi connectivity index (χ1n) is 9.09. The SMILES string of the molecule is CCc1cc2c(=O)n(CC(=O)NCCCN(C)c3ccccc3)cnc2s1. The number of rotatable bonds is 8. The molecule has 1 aromatic carbocycles. The van der Waals surface area contributed by atoms with Crippen molar-refractivity contribution >= 4 is 33.1 Å². The molecule has 142 valence electrons. The van der Waals surface area contributed by atoms with Gasteiger partial charge in [0.1, 0.15) is 11.4 Å². The largest absolute Gasteiger partial charge is 0.375 e. The minimum absolute atomic E-state index is 0.00635. The van der Waals surface area contributed by atoms with Gasteiger partial charge in [-0.15, -0.1) is 11.3 Å². The van der Waals surface area contributed by atoms with Crippen LogP contribution in [0.2, 0.25) is 0 Å². The summed E-state index contributed by atoms with van der Waals surface area (Å²) in [6, 6.07) is 12.0. The number of carbonyl (C=O) groups is 1. The summed E-state index contributed by atoms with van der Waals surface area (Å²) in [6.07, 6.45) is 3.16. The van der Waals surface area contributed by atoms with E-state index in [-0.39, 0.29) is 18.0 Å². The molecule has 0 bridgehead atoms. The molecular weight excluding hydrogens is 360 g/mol. The van der Waals surface area contributed by atoms with Crippen LogP contribution in [0, 0.1) is 0 Å².